The van der Waals surface area contributed by atoms with E-state index in [-0.39, 0.29) is 29.9 Å². The normalized spacial score (nSPS) is 21.4. The molecule has 1 amide bonds. The monoisotopic (exact) mass is 411 g/mol. The molecule has 2 unspecified atom stereocenters. The molecule has 2 atom stereocenters. The second-order valence-corrected chi connectivity index (χ2v) is 8.52. The van der Waals surface area contributed by atoms with Crippen molar-refractivity contribution < 1.29 is 14.0 Å². The van der Waals surface area contributed by atoms with E-state index in [4.69, 9.17) is 4.42 Å². The summed E-state index contributed by atoms with van der Waals surface area (Å²) < 4.78 is 5.66. The SMILES string of the molecule is Cc1cccc(N2C(=O)CC(c3ccco3)C3=C2CC(c2ccccc2)CC3=O)c1C. The Bertz CT molecular complexity index is 1170. The summed E-state index contributed by atoms with van der Waals surface area (Å²) in [5, 5.41) is 0. The van der Waals surface area contributed by atoms with Crippen LogP contribution in [-0.2, 0) is 9.59 Å². The topological polar surface area (TPSA) is 50.5 Å². The van der Waals surface area contributed by atoms with Crippen molar-refractivity contribution >= 4 is 17.4 Å². The van der Waals surface area contributed by atoms with Gasteiger partial charge in [-0.1, -0.05) is 42.5 Å². The number of anilines is 1. The Labute approximate surface area is 182 Å². The van der Waals surface area contributed by atoms with E-state index in [1.54, 1.807) is 6.26 Å². The number of aryl methyl sites for hydroxylation is 1. The highest BCUT2D eigenvalue weighted by Gasteiger charge is 2.43. The average Bonchev–Trinajstić information content (AvgIpc) is 3.31. The van der Waals surface area contributed by atoms with Crippen molar-refractivity contribution in [3.63, 3.8) is 0 Å². The molecule has 2 aliphatic rings. The average molecular weight is 412 g/mol. The minimum absolute atomic E-state index is 0.00959. The number of ketones is 1. The van der Waals surface area contributed by atoms with Crippen molar-refractivity contribution in [2.24, 2.45) is 0 Å². The second kappa shape index (κ2) is 7.69. The summed E-state index contributed by atoms with van der Waals surface area (Å²) in [4.78, 5) is 28.8. The lowest BCUT2D eigenvalue weighted by Crippen LogP contribution is -2.42. The third-order valence-corrected chi connectivity index (χ3v) is 6.70. The first-order chi connectivity index (χ1) is 15.0. The molecule has 3 aromatic rings. The lowest BCUT2D eigenvalue weighted by molar-refractivity contribution is -0.120. The summed E-state index contributed by atoms with van der Waals surface area (Å²) in [6.45, 7) is 4.09. The number of hydrogen-bond acceptors (Lipinski definition) is 3. The van der Waals surface area contributed by atoms with Crippen molar-refractivity contribution in [3.8, 4) is 0 Å². The predicted octanol–water partition coefficient (Wildman–Crippen LogP) is 5.82. The molecule has 4 heteroatoms. The Morgan fingerprint density at radius 2 is 1.68 bits per heavy atom. The fourth-order valence-electron chi connectivity index (χ4n) is 4.99. The van der Waals surface area contributed by atoms with Gasteiger partial charge in [0.15, 0.2) is 5.78 Å². The summed E-state index contributed by atoms with van der Waals surface area (Å²) >= 11 is 0. The van der Waals surface area contributed by atoms with Crippen LogP contribution in [0.25, 0.3) is 0 Å². The van der Waals surface area contributed by atoms with Gasteiger partial charge in [-0.2, -0.15) is 0 Å². The first-order valence-electron chi connectivity index (χ1n) is 10.8. The van der Waals surface area contributed by atoms with Crippen LogP contribution in [0, 0.1) is 13.8 Å². The van der Waals surface area contributed by atoms with E-state index < -0.39 is 0 Å². The van der Waals surface area contributed by atoms with Crippen LogP contribution in [0.5, 0.6) is 0 Å². The zero-order chi connectivity index (χ0) is 21.5. The maximum Gasteiger partial charge on any atom is 0.232 e. The van der Waals surface area contributed by atoms with Gasteiger partial charge in [-0.15, -0.1) is 0 Å². The number of carbonyl (C=O) groups is 2. The summed E-state index contributed by atoms with van der Waals surface area (Å²) in [6, 6.07) is 19.8. The van der Waals surface area contributed by atoms with Crippen LogP contribution >= 0.6 is 0 Å². The smallest absolute Gasteiger partial charge is 0.232 e. The van der Waals surface area contributed by atoms with Crippen LogP contribution in [0.4, 0.5) is 5.69 Å². The van der Waals surface area contributed by atoms with Gasteiger partial charge in [-0.05, 0) is 61.1 Å². The molecular weight excluding hydrogens is 386 g/mol. The van der Waals surface area contributed by atoms with Crippen LogP contribution in [0.2, 0.25) is 0 Å². The Morgan fingerprint density at radius 3 is 2.42 bits per heavy atom. The van der Waals surface area contributed by atoms with Gasteiger partial charge < -0.3 is 4.42 Å². The lowest BCUT2D eigenvalue weighted by atomic mass is 9.74. The predicted molar refractivity (Wildman–Crippen MR) is 120 cm³/mol. The van der Waals surface area contributed by atoms with Gasteiger partial charge in [0.2, 0.25) is 5.91 Å². The van der Waals surface area contributed by atoms with E-state index in [9.17, 15) is 9.59 Å². The number of carbonyl (C=O) groups excluding carboxylic acids is 2. The van der Waals surface area contributed by atoms with E-state index in [1.807, 2.05) is 67.3 Å². The van der Waals surface area contributed by atoms with Gasteiger partial charge in [0, 0.05) is 24.1 Å². The minimum Gasteiger partial charge on any atom is -0.469 e. The third kappa shape index (κ3) is 3.32. The quantitative estimate of drug-likeness (QED) is 0.546. The van der Waals surface area contributed by atoms with Gasteiger partial charge in [0.25, 0.3) is 0 Å². The molecule has 2 heterocycles. The van der Waals surface area contributed by atoms with Gasteiger partial charge in [0.1, 0.15) is 5.76 Å². The second-order valence-electron chi connectivity index (χ2n) is 8.52. The first kappa shape index (κ1) is 19.6. The van der Waals surface area contributed by atoms with Crippen LogP contribution in [0.3, 0.4) is 0 Å². The molecule has 31 heavy (non-hydrogen) atoms. The van der Waals surface area contributed by atoms with E-state index in [2.05, 4.69) is 12.1 Å². The molecule has 156 valence electrons. The number of Topliss-reactive ketones (excluding diaryl/α,β-unsaturated/α-hetero) is 1. The molecule has 0 fully saturated rings. The Balaban J connectivity index is 1.68. The van der Waals surface area contributed by atoms with Gasteiger partial charge >= 0.3 is 0 Å². The van der Waals surface area contributed by atoms with Crippen LogP contribution in [0.1, 0.15) is 53.5 Å². The largest absolute Gasteiger partial charge is 0.469 e. The number of hydrogen-bond donors (Lipinski definition) is 0. The van der Waals surface area contributed by atoms with Crippen molar-refractivity contribution in [2.45, 2.75) is 44.9 Å². The molecule has 5 rings (SSSR count). The molecule has 1 aliphatic heterocycles. The van der Waals surface area contributed by atoms with Crippen molar-refractivity contribution in [1.82, 2.24) is 0 Å². The number of furan rings is 1. The van der Waals surface area contributed by atoms with E-state index in [1.165, 1.54) is 0 Å². The maximum absolute atomic E-state index is 13.5. The third-order valence-electron chi connectivity index (χ3n) is 6.70. The molecule has 0 spiro atoms. The molecule has 1 aliphatic carbocycles. The molecular formula is C27H25NO3. The molecule has 0 bridgehead atoms. The molecule has 0 saturated carbocycles. The first-order valence-corrected chi connectivity index (χ1v) is 10.8. The zero-order valence-electron chi connectivity index (χ0n) is 17.8. The lowest BCUT2D eigenvalue weighted by Gasteiger charge is -2.40. The fourth-order valence-corrected chi connectivity index (χ4v) is 4.99. The Morgan fingerprint density at radius 1 is 0.871 bits per heavy atom. The number of allylic oxidation sites excluding steroid dienone is 2. The van der Waals surface area contributed by atoms with Crippen LogP contribution < -0.4 is 4.90 Å². The molecule has 4 nitrogen and oxygen atoms in total. The Hall–Kier alpha value is -3.40. The van der Waals surface area contributed by atoms with Crippen molar-refractivity contribution in [1.29, 1.82) is 0 Å². The molecule has 0 saturated heterocycles. The molecule has 2 aromatic carbocycles. The van der Waals surface area contributed by atoms with Crippen LogP contribution in [-0.4, -0.2) is 11.7 Å². The van der Waals surface area contributed by atoms with E-state index >= 15 is 0 Å². The molecule has 0 radical (unpaired) electrons. The fraction of sp³-hybridized carbons (Fsp3) is 0.259. The highest BCUT2D eigenvalue weighted by molar-refractivity contribution is 6.08. The number of amides is 1. The summed E-state index contributed by atoms with van der Waals surface area (Å²) in [5.41, 5.74) is 5.77. The van der Waals surface area contributed by atoms with Crippen molar-refractivity contribution in [3.05, 3.63) is 101 Å². The standard InChI is InChI=1S/C27H25NO3/c1-17-8-6-11-22(18(17)2)28-23-14-20(19-9-4-3-5-10-19)15-24(29)27(23)21(16-26(28)30)25-12-7-13-31-25/h3-13,20-21H,14-16H2,1-2H3. The summed E-state index contributed by atoms with van der Waals surface area (Å²) in [5.74, 6) is 0.550. The van der Waals surface area contributed by atoms with Crippen molar-refractivity contribution in [2.75, 3.05) is 4.90 Å². The highest BCUT2D eigenvalue weighted by Crippen LogP contribution is 2.47. The molecule has 0 N–H and O–H groups in total. The number of benzene rings is 2. The van der Waals surface area contributed by atoms with Gasteiger partial charge in [-0.25, -0.2) is 0 Å². The Kier molecular flexibility index (Phi) is 4.85. The van der Waals surface area contributed by atoms with Gasteiger partial charge in [-0.3, -0.25) is 14.5 Å². The van der Waals surface area contributed by atoms with Gasteiger partial charge in [0.05, 0.1) is 17.9 Å². The minimum atomic E-state index is -0.317. The number of nitrogens with zero attached hydrogens (tertiary/aromatic N) is 1. The van der Waals surface area contributed by atoms with E-state index in [0.717, 1.165) is 33.6 Å². The molecule has 1 aromatic heterocycles. The number of rotatable bonds is 3. The van der Waals surface area contributed by atoms with E-state index in [0.29, 0.717) is 18.6 Å². The zero-order valence-corrected chi connectivity index (χ0v) is 17.8. The summed E-state index contributed by atoms with van der Waals surface area (Å²) in [6.07, 6.45) is 2.95. The highest BCUT2D eigenvalue weighted by atomic mass is 16.3. The van der Waals surface area contributed by atoms with Crippen LogP contribution in [0.15, 0.2) is 82.6 Å². The maximum atomic E-state index is 13.5. The summed E-state index contributed by atoms with van der Waals surface area (Å²) in [7, 11) is 0.